The largest absolute Gasteiger partial charge is 0.316 e. The average Bonchev–Trinajstić information content (AvgIpc) is 2.91. The summed E-state index contributed by atoms with van der Waals surface area (Å²) in [5, 5.41) is 9.90. The van der Waals surface area contributed by atoms with Crippen molar-refractivity contribution >= 4 is 16.7 Å². The zero-order valence-corrected chi connectivity index (χ0v) is 11.7. The Labute approximate surface area is 123 Å². The lowest BCUT2D eigenvalue weighted by atomic mass is 10.0. The van der Waals surface area contributed by atoms with Gasteiger partial charge in [0.2, 0.25) is 0 Å². The van der Waals surface area contributed by atoms with Gasteiger partial charge >= 0.3 is 0 Å². The molecule has 0 saturated carbocycles. The van der Waals surface area contributed by atoms with Gasteiger partial charge in [-0.05, 0) is 36.6 Å². The molecule has 3 heteroatoms. The van der Waals surface area contributed by atoms with E-state index in [1.807, 2.05) is 72.3 Å². The van der Waals surface area contributed by atoms with E-state index in [1.165, 1.54) is 0 Å². The van der Waals surface area contributed by atoms with E-state index < -0.39 is 0 Å². The molecule has 0 spiro atoms. The average molecular weight is 274 g/mol. The van der Waals surface area contributed by atoms with Crippen LogP contribution in [0, 0.1) is 18.3 Å². The van der Waals surface area contributed by atoms with Crippen LogP contribution >= 0.6 is 0 Å². The minimum absolute atomic E-state index is 0.102. The van der Waals surface area contributed by atoms with Gasteiger partial charge in [0.1, 0.15) is 0 Å². The molecule has 2 aromatic carbocycles. The summed E-state index contributed by atoms with van der Waals surface area (Å²) in [6.45, 7) is 1.95. The van der Waals surface area contributed by atoms with Crippen LogP contribution in [-0.4, -0.2) is 10.4 Å². The quantitative estimate of drug-likeness (QED) is 0.677. The normalized spacial score (nSPS) is 10.5. The molecular formula is C18H14N2O. The number of carbonyl (C=O) groups is 1. The second-order valence-electron chi connectivity index (χ2n) is 5.02. The molecule has 3 rings (SSSR count). The molecule has 1 aromatic heterocycles. The molecule has 0 saturated heterocycles. The van der Waals surface area contributed by atoms with Crippen molar-refractivity contribution in [2.24, 2.45) is 0 Å². The number of hydrogen-bond donors (Lipinski definition) is 0. The SMILES string of the molecule is Cc1ccc(-n2ccc3ccccc32)c(C(=O)CC#N)c1. The number of Topliss-reactive ketones (excluding diaryl/α,β-unsaturated/α-hetero) is 1. The Bertz CT molecular complexity index is 868. The molecule has 0 amide bonds. The van der Waals surface area contributed by atoms with Crippen LogP contribution in [0.2, 0.25) is 0 Å². The second-order valence-corrected chi connectivity index (χ2v) is 5.02. The van der Waals surface area contributed by atoms with Crippen molar-refractivity contribution in [1.82, 2.24) is 4.57 Å². The number of ketones is 1. The van der Waals surface area contributed by atoms with Gasteiger partial charge < -0.3 is 4.57 Å². The van der Waals surface area contributed by atoms with E-state index in [4.69, 9.17) is 5.26 Å². The fraction of sp³-hybridized carbons (Fsp3) is 0.111. The van der Waals surface area contributed by atoms with Crippen molar-refractivity contribution in [3.8, 4) is 11.8 Å². The second kappa shape index (κ2) is 5.26. The lowest BCUT2D eigenvalue weighted by molar-refractivity contribution is 0.0997. The maximum Gasteiger partial charge on any atom is 0.179 e. The van der Waals surface area contributed by atoms with Gasteiger partial charge in [0.05, 0.1) is 23.7 Å². The number of rotatable bonds is 3. The van der Waals surface area contributed by atoms with Gasteiger partial charge in [-0.15, -0.1) is 0 Å². The first-order chi connectivity index (χ1) is 10.2. The van der Waals surface area contributed by atoms with Crippen molar-refractivity contribution < 1.29 is 4.79 Å². The van der Waals surface area contributed by atoms with Gasteiger partial charge in [-0.3, -0.25) is 4.79 Å². The van der Waals surface area contributed by atoms with Crippen LogP contribution in [0.5, 0.6) is 0 Å². The van der Waals surface area contributed by atoms with Crippen molar-refractivity contribution in [3.05, 3.63) is 65.9 Å². The zero-order chi connectivity index (χ0) is 14.8. The van der Waals surface area contributed by atoms with Crippen LogP contribution in [0.4, 0.5) is 0 Å². The highest BCUT2D eigenvalue weighted by atomic mass is 16.1. The molecule has 0 atom stereocenters. The third-order valence-electron chi connectivity index (χ3n) is 3.55. The lowest BCUT2D eigenvalue weighted by Crippen LogP contribution is -2.05. The number of aromatic nitrogens is 1. The van der Waals surface area contributed by atoms with Crippen LogP contribution in [0.15, 0.2) is 54.7 Å². The van der Waals surface area contributed by atoms with Crippen LogP contribution in [0.3, 0.4) is 0 Å². The van der Waals surface area contributed by atoms with E-state index in [9.17, 15) is 4.79 Å². The monoisotopic (exact) mass is 274 g/mol. The molecular weight excluding hydrogens is 260 g/mol. The Morgan fingerprint density at radius 3 is 2.81 bits per heavy atom. The zero-order valence-electron chi connectivity index (χ0n) is 11.7. The summed E-state index contributed by atoms with van der Waals surface area (Å²) in [5.74, 6) is -0.144. The summed E-state index contributed by atoms with van der Waals surface area (Å²) >= 11 is 0. The van der Waals surface area contributed by atoms with Gasteiger partial charge in [-0.25, -0.2) is 0 Å². The highest BCUT2D eigenvalue weighted by molar-refractivity contribution is 6.01. The summed E-state index contributed by atoms with van der Waals surface area (Å²) in [5.41, 5.74) is 3.48. The Kier molecular flexibility index (Phi) is 3.29. The molecule has 3 aromatic rings. The Balaban J connectivity index is 2.23. The van der Waals surface area contributed by atoms with E-state index >= 15 is 0 Å². The third kappa shape index (κ3) is 2.32. The fourth-order valence-corrected chi connectivity index (χ4v) is 2.54. The molecule has 0 bridgehead atoms. The molecule has 0 aliphatic rings. The highest BCUT2D eigenvalue weighted by Gasteiger charge is 2.14. The summed E-state index contributed by atoms with van der Waals surface area (Å²) < 4.78 is 2.00. The first-order valence-electron chi connectivity index (χ1n) is 6.78. The molecule has 1 heterocycles. The first-order valence-corrected chi connectivity index (χ1v) is 6.78. The molecule has 102 valence electrons. The van der Waals surface area contributed by atoms with Crippen molar-refractivity contribution in [3.63, 3.8) is 0 Å². The van der Waals surface area contributed by atoms with E-state index in [0.717, 1.165) is 22.2 Å². The van der Waals surface area contributed by atoms with Crippen LogP contribution < -0.4 is 0 Å². The summed E-state index contributed by atoms with van der Waals surface area (Å²) in [6, 6.07) is 17.8. The number of nitrogens with zero attached hydrogens (tertiary/aromatic N) is 2. The van der Waals surface area contributed by atoms with Crippen molar-refractivity contribution in [1.29, 1.82) is 5.26 Å². The molecule has 0 N–H and O–H groups in total. The fourth-order valence-electron chi connectivity index (χ4n) is 2.54. The Morgan fingerprint density at radius 2 is 2.00 bits per heavy atom. The summed E-state index contributed by atoms with van der Waals surface area (Å²) in [4.78, 5) is 12.2. The Morgan fingerprint density at radius 1 is 1.19 bits per heavy atom. The standard InChI is InChI=1S/C18H14N2O/c1-13-6-7-17(15(12-13)18(21)8-10-19)20-11-9-14-4-2-3-5-16(14)20/h2-7,9,11-12H,8H2,1H3. The van der Waals surface area contributed by atoms with Gasteiger partial charge in [0, 0.05) is 11.8 Å². The van der Waals surface area contributed by atoms with Gasteiger partial charge in [-0.1, -0.05) is 29.8 Å². The predicted octanol–water partition coefficient (Wildman–Crippen LogP) is 4.04. The van der Waals surface area contributed by atoms with Crippen LogP contribution in [0.25, 0.3) is 16.6 Å². The number of benzene rings is 2. The number of para-hydroxylation sites is 1. The number of nitriles is 1. The maximum absolute atomic E-state index is 12.2. The van der Waals surface area contributed by atoms with E-state index in [1.54, 1.807) is 0 Å². The molecule has 0 unspecified atom stereocenters. The molecule has 0 radical (unpaired) electrons. The molecule has 21 heavy (non-hydrogen) atoms. The molecule has 3 nitrogen and oxygen atoms in total. The minimum atomic E-state index is -0.144. The molecule has 0 aliphatic heterocycles. The van der Waals surface area contributed by atoms with Crippen molar-refractivity contribution in [2.45, 2.75) is 13.3 Å². The first kappa shape index (κ1) is 13.1. The molecule has 0 fully saturated rings. The summed E-state index contributed by atoms with van der Waals surface area (Å²) in [6.07, 6.45) is 1.86. The maximum atomic E-state index is 12.2. The van der Waals surface area contributed by atoms with Crippen LogP contribution in [0.1, 0.15) is 22.3 Å². The highest BCUT2D eigenvalue weighted by Crippen LogP contribution is 2.24. The molecule has 0 aliphatic carbocycles. The van der Waals surface area contributed by atoms with Gasteiger partial charge in [-0.2, -0.15) is 5.26 Å². The number of carbonyl (C=O) groups excluding carboxylic acids is 1. The van der Waals surface area contributed by atoms with Gasteiger partial charge in [0.25, 0.3) is 0 Å². The van der Waals surface area contributed by atoms with Crippen molar-refractivity contribution in [2.75, 3.05) is 0 Å². The Hall–Kier alpha value is -2.86. The third-order valence-corrected chi connectivity index (χ3v) is 3.55. The minimum Gasteiger partial charge on any atom is -0.316 e. The van der Waals surface area contributed by atoms with Gasteiger partial charge in [0.15, 0.2) is 5.78 Å². The number of fused-ring (bicyclic) bond motifs is 1. The van der Waals surface area contributed by atoms with E-state index in [2.05, 4.69) is 0 Å². The topological polar surface area (TPSA) is 45.8 Å². The summed E-state index contributed by atoms with van der Waals surface area (Å²) in [7, 11) is 0. The lowest BCUT2D eigenvalue weighted by Gasteiger charge is -2.11. The van der Waals surface area contributed by atoms with E-state index in [-0.39, 0.29) is 12.2 Å². The number of aryl methyl sites for hydroxylation is 1. The smallest absolute Gasteiger partial charge is 0.179 e. The number of hydrogen-bond acceptors (Lipinski definition) is 2. The van der Waals surface area contributed by atoms with E-state index in [0.29, 0.717) is 5.56 Å². The van der Waals surface area contributed by atoms with Crippen LogP contribution in [-0.2, 0) is 0 Å². The predicted molar refractivity (Wildman–Crippen MR) is 82.6 cm³/mol.